The summed E-state index contributed by atoms with van der Waals surface area (Å²) in [5, 5.41) is 3.21. The topological polar surface area (TPSA) is 59.6 Å². The molecule has 0 bridgehead atoms. The minimum atomic E-state index is -0.427. The van der Waals surface area contributed by atoms with E-state index in [2.05, 4.69) is 10.8 Å². The molecule has 2 atom stereocenters. The number of rotatable bonds is 5. The summed E-state index contributed by atoms with van der Waals surface area (Å²) in [6.07, 6.45) is 0. The van der Waals surface area contributed by atoms with E-state index < -0.39 is 6.04 Å². The van der Waals surface area contributed by atoms with E-state index in [1.807, 2.05) is 54.6 Å². The maximum atomic E-state index is 11.9. The number of carbonyl (C=O) groups excluding carboxylic acids is 1. The van der Waals surface area contributed by atoms with Gasteiger partial charge in [-0.1, -0.05) is 54.6 Å². The highest BCUT2D eigenvalue weighted by molar-refractivity contribution is 5.78. The van der Waals surface area contributed by atoms with Gasteiger partial charge in [-0.25, -0.2) is 4.79 Å². The summed E-state index contributed by atoms with van der Waals surface area (Å²) in [5.41, 5.74) is 6.16. The Labute approximate surface area is 135 Å². The Balaban J connectivity index is 1.68. The van der Waals surface area contributed by atoms with Gasteiger partial charge in [-0.3, -0.25) is 10.2 Å². The maximum Gasteiger partial charge on any atom is 0.327 e. The van der Waals surface area contributed by atoms with Gasteiger partial charge in [-0.05, 0) is 16.7 Å². The van der Waals surface area contributed by atoms with Gasteiger partial charge in [0.05, 0.1) is 19.8 Å². The molecule has 0 saturated heterocycles. The fourth-order valence-electron chi connectivity index (χ4n) is 2.78. The number of benzene rings is 2. The zero-order chi connectivity index (χ0) is 16.1. The molecule has 1 aliphatic rings. The van der Waals surface area contributed by atoms with E-state index in [1.165, 1.54) is 7.11 Å². The molecular formula is C18H20N2O3. The predicted octanol–water partition coefficient (Wildman–Crippen LogP) is 2.27. The molecule has 1 aliphatic heterocycles. The molecule has 1 heterocycles. The Hall–Kier alpha value is -2.21. The number of fused-ring (bicyclic) bond motifs is 1. The number of nitrogens with one attached hydrogen (secondary N) is 2. The normalized spacial score (nSPS) is 19.9. The SMILES string of the molecule is COC(=O)C1NCC(NOCc2ccccc2)c2ccccc21. The van der Waals surface area contributed by atoms with Crippen molar-refractivity contribution in [1.29, 1.82) is 0 Å². The maximum absolute atomic E-state index is 11.9. The lowest BCUT2D eigenvalue weighted by atomic mass is 9.91. The van der Waals surface area contributed by atoms with Crippen molar-refractivity contribution in [3.8, 4) is 0 Å². The number of hydrogen-bond donors (Lipinski definition) is 2. The monoisotopic (exact) mass is 312 g/mol. The quantitative estimate of drug-likeness (QED) is 0.655. The van der Waals surface area contributed by atoms with Crippen LogP contribution in [0.4, 0.5) is 0 Å². The number of carbonyl (C=O) groups is 1. The lowest BCUT2D eigenvalue weighted by Crippen LogP contribution is -2.42. The summed E-state index contributed by atoms with van der Waals surface area (Å²) in [6, 6.07) is 17.4. The molecule has 3 rings (SSSR count). The molecule has 2 N–H and O–H groups in total. The van der Waals surface area contributed by atoms with Crippen LogP contribution in [0.3, 0.4) is 0 Å². The zero-order valence-corrected chi connectivity index (χ0v) is 13.0. The Kier molecular flexibility index (Phi) is 5.02. The molecule has 5 nitrogen and oxygen atoms in total. The molecule has 0 spiro atoms. The number of esters is 1. The highest BCUT2D eigenvalue weighted by Crippen LogP contribution is 2.29. The summed E-state index contributed by atoms with van der Waals surface area (Å²) in [6.45, 7) is 1.07. The average Bonchev–Trinajstić information content (AvgIpc) is 2.62. The summed E-state index contributed by atoms with van der Waals surface area (Å²) < 4.78 is 4.87. The lowest BCUT2D eigenvalue weighted by molar-refractivity contribution is -0.143. The van der Waals surface area contributed by atoms with Crippen LogP contribution in [0, 0.1) is 0 Å². The molecular weight excluding hydrogens is 292 g/mol. The molecule has 2 aromatic carbocycles. The van der Waals surface area contributed by atoms with Crippen molar-refractivity contribution in [3.63, 3.8) is 0 Å². The molecule has 120 valence electrons. The second-order valence-corrected chi connectivity index (χ2v) is 5.44. The Morgan fingerprint density at radius 1 is 1.13 bits per heavy atom. The van der Waals surface area contributed by atoms with Crippen molar-refractivity contribution in [3.05, 3.63) is 71.3 Å². The molecule has 2 unspecified atom stereocenters. The van der Waals surface area contributed by atoms with Crippen molar-refractivity contribution in [2.45, 2.75) is 18.7 Å². The molecule has 0 amide bonds. The Morgan fingerprint density at radius 3 is 2.57 bits per heavy atom. The van der Waals surface area contributed by atoms with Crippen LogP contribution in [0.1, 0.15) is 28.8 Å². The van der Waals surface area contributed by atoms with E-state index in [0.29, 0.717) is 13.2 Å². The van der Waals surface area contributed by atoms with Crippen molar-refractivity contribution in [1.82, 2.24) is 10.8 Å². The molecule has 0 saturated carbocycles. The summed E-state index contributed by atoms with van der Waals surface area (Å²) >= 11 is 0. The smallest absolute Gasteiger partial charge is 0.327 e. The first-order valence-electron chi connectivity index (χ1n) is 7.61. The lowest BCUT2D eigenvalue weighted by Gasteiger charge is -2.31. The fraction of sp³-hybridized carbons (Fsp3) is 0.278. The number of hydroxylamine groups is 1. The highest BCUT2D eigenvalue weighted by atomic mass is 16.6. The molecule has 0 radical (unpaired) electrons. The Bertz CT molecular complexity index is 660. The third-order valence-electron chi connectivity index (χ3n) is 3.95. The highest BCUT2D eigenvalue weighted by Gasteiger charge is 2.31. The molecule has 0 fully saturated rings. The first-order chi connectivity index (χ1) is 11.3. The van der Waals surface area contributed by atoms with Crippen LogP contribution in [0.5, 0.6) is 0 Å². The third kappa shape index (κ3) is 3.59. The van der Waals surface area contributed by atoms with Crippen molar-refractivity contribution < 1.29 is 14.4 Å². The predicted molar refractivity (Wildman–Crippen MR) is 86.3 cm³/mol. The van der Waals surface area contributed by atoms with E-state index in [4.69, 9.17) is 9.57 Å². The molecule has 0 aliphatic carbocycles. The minimum absolute atomic E-state index is 0.0178. The van der Waals surface area contributed by atoms with Gasteiger partial charge in [-0.2, -0.15) is 5.48 Å². The van der Waals surface area contributed by atoms with Crippen molar-refractivity contribution in [2.75, 3.05) is 13.7 Å². The van der Waals surface area contributed by atoms with Gasteiger partial charge in [0.25, 0.3) is 0 Å². The van der Waals surface area contributed by atoms with E-state index in [-0.39, 0.29) is 12.0 Å². The fourth-order valence-corrected chi connectivity index (χ4v) is 2.78. The van der Waals surface area contributed by atoms with Crippen LogP contribution in [0.25, 0.3) is 0 Å². The van der Waals surface area contributed by atoms with Gasteiger partial charge in [-0.15, -0.1) is 0 Å². The second kappa shape index (κ2) is 7.37. The molecule has 5 heteroatoms. The van der Waals surface area contributed by atoms with Crippen LogP contribution in [0.2, 0.25) is 0 Å². The van der Waals surface area contributed by atoms with E-state index in [9.17, 15) is 4.79 Å². The number of ether oxygens (including phenoxy) is 1. The minimum Gasteiger partial charge on any atom is -0.468 e. The summed E-state index contributed by atoms with van der Waals surface area (Å²) in [4.78, 5) is 17.5. The standard InChI is InChI=1S/C18H20N2O3/c1-22-18(21)17-15-10-6-5-9-14(15)16(11-19-17)20-23-12-13-7-3-2-4-8-13/h2-10,16-17,19-20H,11-12H2,1H3. The number of hydrogen-bond acceptors (Lipinski definition) is 5. The van der Waals surface area contributed by atoms with Crippen LogP contribution in [0.15, 0.2) is 54.6 Å². The second-order valence-electron chi connectivity index (χ2n) is 5.44. The third-order valence-corrected chi connectivity index (χ3v) is 3.95. The van der Waals surface area contributed by atoms with Crippen LogP contribution >= 0.6 is 0 Å². The van der Waals surface area contributed by atoms with Crippen LogP contribution in [-0.4, -0.2) is 19.6 Å². The largest absolute Gasteiger partial charge is 0.468 e. The van der Waals surface area contributed by atoms with Gasteiger partial charge in [0.2, 0.25) is 0 Å². The average molecular weight is 312 g/mol. The van der Waals surface area contributed by atoms with Crippen molar-refractivity contribution >= 4 is 5.97 Å². The van der Waals surface area contributed by atoms with Gasteiger partial charge in [0, 0.05) is 6.54 Å². The summed E-state index contributed by atoms with van der Waals surface area (Å²) in [5.74, 6) is -0.277. The van der Waals surface area contributed by atoms with Gasteiger partial charge < -0.3 is 4.74 Å². The van der Waals surface area contributed by atoms with Crippen molar-refractivity contribution in [2.24, 2.45) is 0 Å². The molecule has 23 heavy (non-hydrogen) atoms. The Morgan fingerprint density at radius 2 is 1.83 bits per heavy atom. The van der Waals surface area contributed by atoms with Crippen LogP contribution < -0.4 is 10.8 Å². The van der Waals surface area contributed by atoms with E-state index in [0.717, 1.165) is 16.7 Å². The summed E-state index contributed by atoms with van der Waals surface area (Å²) in [7, 11) is 1.40. The van der Waals surface area contributed by atoms with Crippen LogP contribution in [-0.2, 0) is 21.0 Å². The van der Waals surface area contributed by atoms with Gasteiger partial charge in [0.15, 0.2) is 0 Å². The van der Waals surface area contributed by atoms with E-state index in [1.54, 1.807) is 0 Å². The first-order valence-corrected chi connectivity index (χ1v) is 7.61. The van der Waals surface area contributed by atoms with E-state index >= 15 is 0 Å². The molecule has 2 aromatic rings. The van der Waals surface area contributed by atoms with Gasteiger partial charge >= 0.3 is 5.97 Å². The zero-order valence-electron chi connectivity index (χ0n) is 13.0. The molecule has 0 aromatic heterocycles. The number of methoxy groups -OCH3 is 1. The van der Waals surface area contributed by atoms with Gasteiger partial charge in [0.1, 0.15) is 6.04 Å². The first kappa shape index (κ1) is 15.7.